The first kappa shape index (κ1) is 20.9. The summed E-state index contributed by atoms with van der Waals surface area (Å²) in [7, 11) is -2.38. The maximum Gasteiger partial charge on any atom is 0.262 e. The third-order valence-corrected chi connectivity index (χ3v) is 6.72. The topological polar surface area (TPSA) is 111 Å². The number of ether oxygens (including phenoxy) is 2. The molecular weight excluding hydrogens is 420 g/mol. The van der Waals surface area contributed by atoms with Gasteiger partial charge in [0.05, 0.1) is 28.6 Å². The van der Waals surface area contributed by atoms with Gasteiger partial charge in [0.25, 0.3) is 5.91 Å². The zero-order valence-corrected chi connectivity index (χ0v) is 17.3. The number of halogens is 1. The zero-order chi connectivity index (χ0) is 21.2. The predicted octanol–water partition coefficient (Wildman–Crippen LogP) is 2.87. The molecule has 0 radical (unpaired) electrons. The summed E-state index contributed by atoms with van der Waals surface area (Å²) in [6.45, 7) is 1.32. The van der Waals surface area contributed by atoms with Gasteiger partial charge < -0.3 is 20.1 Å². The van der Waals surface area contributed by atoms with Crippen LogP contribution in [-0.4, -0.2) is 39.2 Å². The van der Waals surface area contributed by atoms with E-state index in [0.29, 0.717) is 22.2 Å². The molecule has 0 bridgehead atoms. The highest BCUT2D eigenvalue weighted by atomic mass is 35.5. The van der Waals surface area contributed by atoms with Crippen LogP contribution in [0.1, 0.15) is 13.3 Å². The third kappa shape index (κ3) is 4.63. The molecule has 0 aromatic heterocycles. The molecule has 29 heavy (non-hydrogen) atoms. The van der Waals surface area contributed by atoms with Gasteiger partial charge in [-0.3, -0.25) is 9.59 Å². The number of sulfone groups is 1. The molecule has 1 atom stereocenters. The summed E-state index contributed by atoms with van der Waals surface area (Å²) in [6, 6.07) is 8.92. The molecule has 0 aliphatic carbocycles. The second-order valence-corrected chi connectivity index (χ2v) is 9.25. The molecule has 2 aromatic carbocycles. The van der Waals surface area contributed by atoms with Crippen molar-refractivity contribution in [3.63, 3.8) is 0 Å². The molecule has 2 N–H and O–H groups in total. The van der Waals surface area contributed by atoms with Gasteiger partial charge in [-0.05, 0) is 43.3 Å². The minimum absolute atomic E-state index is 0.0114. The summed E-state index contributed by atoms with van der Waals surface area (Å²) < 4.78 is 36.2. The molecule has 0 unspecified atom stereocenters. The number of carbonyl (C=O) groups excluding carboxylic acids is 2. The molecule has 2 aromatic rings. The molecule has 10 heteroatoms. The van der Waals surface area contributed by atoms with E-state index in [4.69, 9.17) is 21.1 Å². The number of nitrogens with one attached hydrogen (secondary N) is 2. The second-order valence-electron chi connectivity index (χ2n) is 6.45. The molecule has 1 heterocycles. The van der Waals surface area contributed by atoms with Crippen LogP contribution in [0, 0.1) is 0 Å². The van der Waals surface area contributed by atoms with Crippen molar-refractivity contribution < 1.29 is 27.5 Å². The Morgan fingerprint density at radius 3 is 2.79 bits per heavy atom. The number of benzene rings is 2. The lowest BCUT2D eigenvalue weighted by Gasteiger charge is -2.19. The molecule has 1 aliphatic heterocycles. The third-order valence-electron chi connectivity index (χ3n) is 4.35. The summed E-state index contributed by atoms with van der Waals surface area (Å²) in [4.78, 5) is 23.9. The Morgan fingerprint density at radius 2 is 2.07 bits per heavy atom. The molecular formula is C19H19ClN2O6S. The van der Waals surface area contributed by atoms with E-state index in [-0.39, 0.29) is 29.5 Å². The normalized spacial score (nSPS) is 14.2. The molecule has 0 saturated carbocycles. The number of anilines is 2. The largest absolute Gasteiger partial charge is 0.495 e. The maximum atomic E-state index is 12.9. The van der Waals surface area contributed by atoms with Crippen LogP contribution < -0.4 is 20.1 Å². The molecule has 154 valence electrons. The van der Waals surface area contributed by atoms with Crippen LogP contribution in [0.2, 0.25) is 5.02 Å². The molecule has 0 spiro atoms. The van der Waals surface area contributed by atoms with Crippen molar-refractivity contribution in [3.8, 4) is 11.5 Å². The van der Waals surface area contributed by atoms with Crippen LogP contribution in [0.25, 0.3) is 0 Å². The Hall–Kier alpha value is -2.78. The van der Waals surface area contributed by atoms with E-state index in [1.807, 2.05) is 0 Å². The van der Waals surface area contributed by atoms with Gasteiger partial charge >= 0.3 is 0 Å². The van der Waals surface area contributed by atoms with Crippen LogP contribution in [-0.2, 0) is 19.4 Å². The predicted molar refractivity (Wildman–Crippen MR) is 108 cm³/mol. The van der Waals surface area contributed by atoms with Crippen LogP contribution >= 0.6 is 11.6 Å². The number of amides is 2. The lowest BCUT2D eigenvalue weighted by Crippen LogP contribution is -2.27. The van der Waals surface area contributed by atoms with Crippen molar-refractivity contribution in [2.45, 2.75) is 23.5 Å². The molecule has 0 saturated heterocycles. The highest BCUT2D eigenvalue weighted by Gasteiger charge is 2.28. The average Bonchev–Trinajstić information content (AvgIpc) is 2.67. The maximum absolute atomic E-state index is 12.9. The lowest BCUT2D eigenvalue weighted by molar-refractivity contribution is -0.118. The molecule has 2 amide bonds. The minimum Gasteiger partial charge on any atom is -0.495 e. The number of rotatable bonds is 6. The molecule has 1 aliphatic rings. The van der Waals surface area contributed by atoms with E-state index in [1.165, 1.54) is 38.3 Å². The van der Waals surface area contributed by atoms with Crippen LogP contribution in [0.4, 0.5) is 11.4 Å². The van der Waals surface area contributed by atoms with Gasteiger partial charge in [0, 0.05) is 11.4 Å². The zero-order valence-electron chi connectivity index (χ0n) is 15.7. The fraction of sp³-hybridized carbons (Fsp3) is 0.263. The van der Waals surface area contributed by atoms with Crippen molar-refractivity contribution in [3.05, 3.63) is 41.4 Å². The fourth-order valence-electron chi connectivity index (χ4n) is 2.82. The molecule has 3 rings (SSSR count). The molecule has 8 nitrogen and oxygen atoms in total. The molecule has 0 fully saturated rings. The van der Waals surface area contributed by atoms with Gasteiger partial charge in [0.1, 0.15) is 11.5 Å². The van der Waals surface area contributed by atoms with Crippen molar-refractivity contribution in [2.75, 3.05) is 24.4 Å². The fourth-order valence-corrected chi connectivity index (χ4v) is 4.37. The van der Waals surface area contributed by atoms with Gasteiger partial charge in [-0.1, -0.05) is 11.6 Å². The van der Waals surface area contributed by atoms with Gasteiger partial charge in [-0.15, -0.1) is 0 Å². The number of hydrogen-bond donors (Lipinski definition) is 2. The van der Waals surface area contributed by atoms with E-state index < -0.39 is 21.0 Å². The Bertz CT molecular complexity index is 1070. The standard InChI is InChI=1S/C19H19ClN2O6S/c1-11(7-18(23)21-14-8-12(20)3-5-16(14)27-2)29(25,26)13-4-6-17-15(9-13)22-19(24)10-28-17/h3-6,8-9,11H,7,10H2,1-2H3,(H,21,23)(H,22,24)/t11-/m1/s1. The van der Waals surface area contributed by atoms with Gasteiger partial charge in [-0.2, -0.15) is 0 Å². The summed E-state index contributed by atoms with van der Waals surface area (Å²) in [5.74, 6) is -0.0723. The van der Waals surface area contributed by atoms with E-state index >= 15 is 0 Å². The Kier molecular flexibility index (Phi) is 5.99. The van der Waals surface area contributed by atoms with Gasteiger partial charge in [0.15, 0.2) is 16.4 Å². The van der Waals surface area contributed by atoms with Crippen LogP contribution in [0.3, 0.4) is 0 Å². The lowest BCUT2D eigenvalue weighted by atomic mass is 10.2. The van der Waals surface area contributed by atoms with Gasteiger partial charge in [0.2, 0.25) is 5.91 Å². The summed E-state index contributed by atoms with van der Waals surface area (Å²) in [6.07, 6.45) is -0.280. The second kappa shape index (κ2) is 8.30. The minimum atomic E-state index is -3.83. The summed E-state index contributed by atoms with van der Waals surface area (Å²) in [5, 5.41) is 4.59. The van der Waals surface area contributed by atoms with Crippen molar-refractivity contribution >= 4 is 44.6 Å². The Morgan fingerprint density at radius 1 is 1.31 bits per heavy atom. The first-order chi connectivity index (χ1) is 13.7. The smallest absolute Gasteiger partial charge is 0.262 e. The number of fused-ring (bicyclic) bond motifs is 1. The number of methoxy groups -OCH3 is 1. The summed E-state index contributed by atoms with van der Waals surface area (Å²) in [5.41, 5.74) is 0.630. The van der Waals surface area contributed by atoms with Crippen LogP contribution in [0.15, 0.2) is 41.3 Å². The van der Waals surface area contributed by atoms with Crippen molar-refractivity contribution in [2.24, 2.45) is 0 Å². The monoisotopic (exact) mass is 438 g/mol. The van der Waals surface area contributed by atoms with E-state index in [0.717, 1.165) is 0 Å². The van der Waals surface area contributed by atoms with E-state index in [9.17, 15) is 18.0 Å². The van der Waals surface area contributed by atoms with Crippen molar-refractivity contribution in [1.29, 1.82) is 0 Å². The SMILES string of the molecule is COc1ccc(Cl)cc1NC(=O)C[C@@H](C)S(=O)(=O)c1ccc2c(c1)NC(=O)CO2. The Balaban J connectivity index is 1.75. The highest BCUT2D eigenvalue weighted by molar-refractivity contribution is 7.92. The number of carbonyl (C=O) groups is 2. The average molecular weight is 439 g/mol. The van der Waals surface area contributed by atoms with Crippen LogP contribution in [0.5, 0.6) is 11.5 Å². The first-order valence-electron chi connectivity index (χ1n) is 8.64. The van der Waals surface area contributed by atoms with E-state index in [2.05, 4.69) is 10.6 Å². The summed E-state index contributed by atoms with van der Waals surface area (Å²) >= 11 is 5.94. The highest BCUT2D eigenvalue weighted by Crippen LogP contribution is 2.32. The van der Waals surface area contributed by atoms with Crippen molar-refractivity contribution in [1.82, 2.24) is 0 Å². The first-order valence-corrected chi connectivity index (χ1v) is 10.6. The number of hydrogen-bond acceptors (Lipinski definition) is 6. The quantitative estimate of drug-likeness (QED) is 0.717. The Labute approximate surface area is 173 Å². The van der Waals surface area contributed by atoms with E-state index in [1.54, 1.807) is 12.1 Å². The van der Waals surface area contributed by atoms with Gasteiger partial charge in [-0.25, -0.2) is 8.42 Å².